The standard InChI is InChI=1S/C7H13NO2/c1-5(8-10)6(9)7(2,3)4/h10H,1-4H3/b8-5-. The van der Waals surface area contributed by atoms with Crippen LogP contribution in [-0.2, 0) is 4.79 Å². The minimum absolute atomic E-state index is 0.130. The fourth-order valence-electron chi connectivity index (χ4n) is 0.588. The molecule has 3 heteroatoms. The van der Waals surface area contributed by atoms with E-state index in [1.54, 1.807) is 20.8 Å². The van der Waals surface area contributed by atoms with Gasteiger partial charge in [0, 0.05) is 5.41 Å². The van der Waals surface area contributed by atoms with Gasteiger partial charge in [-0.25, -0.2) is 0 Å². The minimum atomic E-state index is -0.448. The lowest BCUT2D eigenvalue weighted by molar-refractivity contribution is -0.119. The van der Waals surface area contributed by atoms with E-state index in [0.717, 1.165) is 0 Å². The Morgan fingerprint density at radius 1 is 1.40 bits per heavy atom. The second-order valence-electron chi connectivity index (χ2n) is 3.26. The van der Waals surface area contributed by atoms with Crippen molar-refractivity contribution in [3.63, 3.8) is 0 Å². The van der Waals surface area contributed by atoms with Crippen molar-refractivity contribution in [2.45, 2.75) is 27.7 Å². The van der Waals surface area contributed by atoms with Crippen LogP contribution in [0.25, 0.3) is 0 Å². The lowest BCUT2D eigenvalue weighted by Crippen LogP contribution is -2.26. The van der Waals surface area contributed by atoms with Crippen molar-refractivity contribution in [2.75, 3.05) is 0 Å². The molecule has 0 aliphatic carbocycles. The Morgan fingerprint density at radius 3 is 1.90 bits per heavy atom. The first kappa shape index (κ1) is 9.14. The number of carbonyl (C=O) groups excluding carboxylic acids is 1. The zero-order chi connectivity index (χ0) is 8.36. The molecule has 10 heavy (non-hydrogen) atoms. The van der Waals surface area contributed by atoms with Crippen LogP contribution >= 0.6 is 0 Å². The van der Waals surface area contributed by atoms with Gasteiger partial charge in [-0.2, -0.15) is 0 Å². The highest BCUT2D eigenvalue weighted by Crippen LogP contribution is 2.14. The van der Waals surface area contributed by atoms with Crippen molar-refractivity contribution in [2.24, 2.45) is 10.6 Å². The third kappa shape index (κ3) is 2.17. The molecule has 0 bridgehead atoms. The van der Waals surface area contributed by atoms with Crippen LogP contribution in [0.2, 0.25) is 0 Å². The maximum absolute atomic E-state index is 11.1. The number of ketones is 1. The van der Waals surface area contributed by atoms with Gasteiger partial charge in [-0.3, -0.25) is 4.79 Å². The van der Waals surface area contributed by atoms with Gasteiger partial charge >= 0.3 is 0 Å². The Morgan fingerprint density at radius 2 is 1.80 bits per heavy atom. The first-order valence-electron chi connectivity index (χ1n) is 3.13. The van der Waals surface area contributed by atoms with Gasteiger partial charge in [0.1, 0.15) is 5.71 Å². The molecule has 0 radical (unpaired) electrons. The maximum Gasteiger partial charge on any atom is 0.185 e. The number of nitrogens with zero attached hydrogens (tertiary/aromatic N) is 1. The molecular weight excluding hydrogens is 130 g/mol. The molecule has 0 aliphatic rings. The number of Topliss-reactive ketones (excluding diaryl/α,β-unsaturated/α-hetero) is 1. The lowest BCUT2D eigenvalue weighted by Gasteiger charge is -2.14. The van der Waals surface area contributed by atoms with E-state index in [-0.39, 0.29) is 11.5 Å². The van der Waals surface area contributed by atoms with Crippen LogP contribution in [0.15, 0.2) is 5.16 Å². The van der Waals surface area contributed by atoms with Gasteiger partial charge in [0.2, 0.25) is 0 Å². The summed E-state index contributed by atoms with van der Waals surface area (Å²) in [5, 5.41) is 11.1. The SMILES string of the molecule is C/C(=N/O)C(=O)C(C)(C)C. The molecule has 0 aromatic heterocycles. The van der Waals surface area contributed by atoms with E-state index in [1.165, 1.54) is 6.92 Å². The van der Waals surface area contributed by atoms with Crippen molar-refractivity contribution in [1.29, 1.82) is 0 Å². The zero-order valence-corrected chi connectivity index (χ0v) is 6.80. The predicted octanol–water partition coefficient (Wildman–Crippen LogP) is 1.45. The van der Waals surface area contributed by atoms with Gasteiger partial charge in [-0.05, 0) is 6.92 Å². The predicted molar refractivity (Wildman–Crippen MR) is 39.4 cm³/mol. The first-order valence-corrected chi connectivity index (χ1v) is 3.13. The molecule has 0 unspecified atom stereocenters. The molecule has 0 spiro atoms. The van der Waals surface area contributed by atoms with Gasteiger partial charge in [-0.1, -0.05) is 25.9 Å². The van der Waals surface area contributed by atoms with Crippen LogP contribution in [0.3, 0.4) is 0 Å². The molecular formula is C7H13NO2. The van der Waals surface area contributed by atoms with E-state index in [9.17, 15) is 4.79 Å². The van der Waals surface area contributed by atoms with Crippen molar-refractivity contribution < 1.29 is 10.0 Å². The summed E-state index contributed by atoms with van der Waals surface area (Å²) in [6.45, 7) is 6.84. The second kappa shape index (κ2) is 2.82. The highest BCUT2D eigenvalue weighted by atomic mass is 16.4. The molecule has 0 rings (SSSR count). The molecule has 0 saturated carbocycles. The normalized spacial score (nSPS) is 13.4. The van der Waals surface area contributed by atoms with Gasteiger partial charge in [-0.15, -0.1) is 0 Å². The molecule has 0 aromatic rings. The minimum Gasteiger partial charge on any atom is -0.411 e. The fourth-order valence-corrected chi connectivity index (χ4v) is 0.588. The Labute approximate surface area is 60.7 Å². The van der Waals surface area contributed by atoms with Crippen LogP contribution in [0.4, 0.5) is 0 Å². The topological polar surface area (TPSA) is 49.7 Å². The summed E-state index contributed by atoms with van der Waals surface area (Å²) >= 11 is 0. The zero-order valence-electron chi connectivity index (χ0n) is 6.80. The Bertz CT molecular complexity index is 165. The van der Waals surface area contributed by atoms with Crippen molar-refractivity contribution in [3.05, 3.63) is 0 Å². The first-order chi connectivity index (χ1) is 4.39. The van der Waals surface area contributed by atoms with Crippen molar-refractivity contribution >= 4 is 11.5 Å². The van der Waals surface area contributed by atoms with E-state index in [4.69, 9.17) is 5.21 Å². The second-order valence-corrected chi connectivity index (χ2v) is 3.26. The molecule has 0 atom stereocenters. The van der Waals surface area contributed by atoms with E-state index in [0.29, 0.717) is 0 Å². The smallest absolute Gasteiger partial charge is 0.185 e. The summed E-state index contributed by atoms with van der Waals surface area (Å²) in [5.41, 5.74) is -0.288. The molecule has 0 fully saturated rings. The largest absolute Gasteiger partial charge is 0.411 e. The maximum atomic E-state index is 11.1. The number of rotatable bonds is 1. The lowest BCUT2D eigenvalue weighted by atomic mass is 9.88. The van der Waals surface area contributed by atoms with Gasteiger partial charge in [0.25, 0.3) is 0 Å². The number of carbonyl (C=O) groups is 1. The fraction of sp³-hybridized carbons (Fsp3) is 0.714. The number of hydrogen-bond acceptors (Lipinski definition) is 3. The third-order valence-corrected chi connectivity index (χ3v) is 1.16. The van der Waals surface area contributed by atoms with Crippen LogP contribution in [0, 0.1) is 5.41 Å². The summed E-state index contributed by atoms with van der Waals surface area (Å²) in [6.07, 6.45) is 0. The molecule has 0 amide bonds. The van der Waals surface area contributed by atoms with Crippen LogP contribution < -0.4 is 0 Å². The van der Waals surface area contributed by atoms with Crippen LogP contribution in [-0.4, -0.2) is 16.7 Å². The molecule has 1 N–H and O–H groups in total. The molecule has 58 valence electrons. The summed E-state index contributed by atoms with van der Waals surface area (Å²) < 4.78 is 0. The van der Waals surface area contributed by atoms with E-state index in [1.807, 2.05) is 0 Å². The number of oxime groups is 1. The Balaban J connectivity index is 4.39. The Kier molecular flexibility index (Phi) is 2.57. The molecule has 3 nitrogen and oxygen atoms in total. The monoisotopic (exact) mass is 143 g/mol. The number of hydrogen-bond donors (Lipinski definition) is 1. The summed E-state index contributed by atoms with van der Waals surface area (Å²) in [5.74, 6) is -0.130. The van der Waals surface area contributed by atoms with Crippen LogP contribution in [0.5, 0.6) is 0 Å². The van der Waals surface area contributed by atoms with Crippen LogP contribution in [0.1, 0.15) is 27.7 Å². The Hall–Kier alpha value is -0.860. The van der Waals surface area contributed by atoms with Crippen molar-refractivity contribution in [1.82, 2.24) is 0 Å². The highest BCUT2D eigenvalue weighted by molar-refractivity contribution is 6.40. The molecule has 0 saturated heterocycles. The van der Waals surface area contributed by atoms with Gasteiger partial charge < -0.3 is 5.21 Å². The molecule has 0 aromatic carbocycles. The molecule has 0 heterocycles. The summed E-state index contributed by atoms with van der Waals surface area (Å²) in [7, 11) is 0. The molecule has 0 aliphatic heterocycles. The third-order valence-electron chi connectivity index (χ3n) is 1.16. The average Bonchev–Trinajstić information content (AvgIpc) is 1.83. The highest BCUT2D eigenvalue weighted by Gasteiger charge is 2.23. The van der Waals surface area contributed by atoms with E-state index >= 15 is 0 Å². The van der Waals surface area contributed by atoms with Crippen molar-refractivity contribution in [3.8, 4) is 0 Å². The van der Waals surface area contributed by atoms with Gasteiger partial charge in [0.05, 0.1) is 0 Å². The summed E-state index contributed by atoms with van der Waals surface area (Å²) in [6, 6.07) is 0. The average molecular weight is 143 g/mol. The summed E-state index contributed by atoms with van der Waals surface area (Å²) in [4.78, 5) is 11.1. The van der Waals surface area contributed by atoms with Gasteiger partial charge in [0.15, 0.2) is 5.78 Å². The van der Waals surface area contributed by atoms with E-state index < -0.39 is 5.41 Å². The quantitative estimate of drug-likeness (QED) is 0.343. The van der Waals surface area contributed by atoms with E-state index in [2.05, 4.69) is 5.16 Å².